The lowest BCUT2D eigenvalue weighted by atomic mass is 9.87. The van der Waals surface area contributed by atoms with Crippen molar-refractivity contribution < 1.29 is 19.0 Å². The molecular weight excluding hydrogens is 311 g/mol. The van der Waals surface area contributed by atoms with Crippen LogP contribution in [0, 0.1) is 11.2 Å². The maximum Gasteiger partial charge on any atom is 0.237 e. The molecule has 22 heavy (non-hydrogen) atoms. The summed E-state index contributed by atoms with van der Waals surface area (Å²) in [4.78, 5) is 11.8. The molecule has 0 aliphatic heterocycles. The van der Waals surface area contributed by atoms with Gasteiger partial charge in [0.2, 0.25) is 5.91 Å². The highest BCUT2D eigenvalue weighted by molar-refractivity contribution is 5.85. The molecule has 0 aliphatic rings. The second-order valence-corrected chi connectivity index (χ2v) is 6.01. The van der Waals surface area contributed by atoms with Gasteiger partial charge < -0.3 is 20.9 Å². The second-order valence-electron chi connectivity index (χ2n) is 6.01. The van der Waals surface area contributed by atoms with E-state index in [1.54, 1.807) is 0 Å². The van der Waals surface area contributed by atoms with Gasteiger partial charge in [-0.3, -0.25) is 4.79 Å². The molecule has 1 amide bonds. The fourth-order valence-corrected chi connectivity index (χ4v) is 1.50. The summed E-state index contributed by atoms with van der Waals surface area (Å²) in [5.41, 5.74) is 5.45. The molecular formula is C15H24ClFN2O3. The summed E-state index contributed by atoms with van der Waals surface area (Å²) in [6.07, 6.45) is -0.869. The third-order valence-electron chi connectivity index (χ3n) is 2.98. The summed E-state index contributed by atoms with van der Waals surface area (Å²) >= 11 is 0. The van der Waals surface area contributed by atoms with Gasteiger partial charge in [0.1, 0.15) is 24.3 Å². The highest BCUT2D eigenvalue weighted by Gasteiger charge is 2.27. The van der Waals surface area contributed by atoms with E-state index in [1.165, 1.54) is 24.3 Å². The van der Waals surface area contributed by atoms with Crippen LogP contribution in [0.15, 0.2) is 24.3 Å². The Balaban J connectivity index is 0.00000441. The summed E-state index contributed by atoms with van der Waals surface area (Å²) in [6.45, 7) is 5.64. The third-order valence-corrected chi connectivity index (χ3v) is 2.98. The zero-order valence-electron chi connectivity index (χ0n) is 13.0. The highest BCUT2D eigenvalue weighted by atomic mass is 35.5. The molecule has 0 bridgehead atoms. The predicted molar refractivity (Wildman–Crippen MR) is 85.6 cm³/mol. The summed E-state index contributed by atoms with van der Waals surface area (Å²) in [7, 11) is 0. The standard InChI is InChI=1S/C15H23FN2O3.ClH/c1-15(2,3)13(17)14(20)18-8-11(19)9-21-12-6-4-10(16)5-7-12;/h4-7,11,13,19H,8-9,17H2,1-3H3,(H,18,20);1H/t11?,13-;/m1./s1. The first-order valence-electron chi connectivity index (χ1n) is 6.80. The van der Waals surface area contributed by atoms with Crippen LogP contribution in [0.5, 0.6) is 5.75 Å². The minimum Gasteiger partial charge on any atom is -0.491 e. The molecule has 7 heteroatoms. The summed E-state index contributed by atoms with van der Waals surface area (Å²) < 4.78 is 18.0. The van der Waals surface area contributed by atoms with Gasteiger partial charge in [-0.2, -0.15) is 0 Å². The Morgan fingerprint density at radius 2 is 1.91 bits per heavy atom. The van der Waals surface area contributed by atoms with Crippen LogP contribution >= 0.6 is 12.4 Å². The second kappa shape index (κ2) is 8.92. The van der Waals surface area contributed by atoms with E-state index >= 15 is 0 Å². The van der Waals surface area contributed by atoms with Crippen LogP contribution in [0.4, 0.5) is 4.39 Å². The molecule has 1 aromatic carbocycles. The Bertz CT molecular complexity index is 463. The quantitative estimate of drug-likeness (QED) is 0.735. The Morgan fingerprint density at radius 3 is 2.41 bits per heavy atom. The number of aliphatic hydroxyl groups is 1. The number of ether oxygens (including phenoxy) is 1. The Morgan fingerprint density at radius 1 is 1.36 bits per heavy atom. The lowest BCUT2D eigenvalue weighted by molar-refractivity contribution is -0.125. The summed E-state index contributed by atoms with van der Waals surface area (Å²) in [5.74, 6) is -0.220. The summed E-state index contributed by atoms with van der Waals surface area (Å²) in [6, 6.07) is 4.83. The van der Waals surface area contributed by atoms with Gasteiger partial charge in [0, 0.05) is 6.54 Å². The topological polar surface area (TPSA) is 84.6 Å². The minimum atomic E-state index is -0.869. The van der Waals surface area contributed by atoms with E-state index in [1.807, 2.05) is 20.8 Å². The van der Waals surface area contributed by atoms with Crippen molar-refractivity contribution in [3.8, 4) is 5.75 Å². The lowest BCUT2D eigenvalue weighted by Gasteiger charge is -2.26. The zero-order chi connectivity index (χ0) is 16.0. The molecule has 0 fully saturated rings. The predicted octanol–water partition coefficient (Wildman–Crippen LogP) is 1.48. The van der Waals surface area contributed by atoms with Crippen molar-refractivity contribution in [1.82, 2.24) is 5.32 Å². The van der Waals surface area contributed by atoms with Gasteiger partial charge in [-0.25, -0.2) is 4.39 Å². The van der Waals surface area contributed by atoms with Gasteiger partial charge in [0.25, 0.3) is 0 Å². The number of hydrogen-bond acceptors (Lipinski definition) is 4. The van der Waals surface area contributed by atoms with Crippen molar-refractivity contribution in [2.24, 2.45) is 11.1 Å². The maximum atomic E-state index is 12.7. The van der Waals surface area contributed by atoms with Gasteiger partial charge in [0.15, 0.2) is 0 Å². The molecule has 4 N–H and O–H groups in total. The number of carbonyl (C=O) groups is 1. The fraction of sp³-hybridized carbons (Fsp3) is 0.533. The molecule has 0 aromatic heterocycles. The first kappa shape index (κ1) is 20.6. The number of nitrogens with two attached hydrogens (primary N) is 1. The number of rotatable bonds is 6. The van der Waals surface area contributed by atoms with Crippen LogP contribution in [0.3, 0.4) is 0 Å². The van der Waals surface area contributed by atoms with Crippen molar-refractivity contribution in [1.29, 1.82) is 0 Å². The lowest BCUT2D eigenvalue weighted by Crippen LogP contribution is -2.50. The molecule has 0 radical (unpaired) electrons. The van der Waals surface area contributed by atoms with E-state index in [0.717, 1.165) is 0 Å². The van der Waals surface area contributed by atoms with Crippen molar-refractivity contribution in [2.75, 3.05) is 13.2 Å². The van der Waals surface area contributed by atoms with Crippen LogP contribution in [-0.2, 0) is 4.79 Å². The van der Waals surface area contributed by atoms with Gasteiger partial charge in [-0.1, -0.05) is 20.8 Å². The Kier molecular flexibility index (Phi) is 8.37. The van der Waals surface area contributed by atoms with Crippen LogP contribution in [0.1, 0.15) is 20.8 Å². The maximum absolute atomic E-state index is 12.7. The molecule has 1 aromatic rings. The largest absolute Gasteiger partial charge is 0.491 e. The number of halogens is 2. The van der Waals surface area contributed by atoms with E-state index in [9.17, 15) is 14.3 Å². The van der Waals surface area contributed by atoms with Crippen molar-refractivity contribution >= 4 is 18.3 Å². The molecule has 5 nitrogen and oxygen atoms in total. The molecule has 2 atom stereocenters. The molecule has 0 saturated carbocycles. The minimum absolute atomic E-state index is 0. The van der Waals surface area contributed by atoms with E-state index in [-0.39, 0.29) is 42.7 Å². The van der Waals surface area contributed by atoms with Crippen LogP contribution < -0.4 is 15.8 Å². The average Bonchev–Trinajstić information content (AvgIpc) is 2.42. The van der Waals surface area contributed by atoms with Crippen LogP contribution in [-0.4, -0.2) is 36.3 Å². The van der Waals surface area contributed by atoms with Crippen molar-refractivity contribution in [2.45, 2.75) is 32.9 Å². The van der Waals surface area contributed by atoms with Gasteiger partial charge in [-0.05, 0) is 29.7 Å². The average molecular weight is 335 g/mol. The number of benzene rings is 1. The number of nitrogens with one attached hydrogen (secondary N) is 1. The van der Waals surface area contributed by atoms with Gasteiger partial charge >= 0.3 is 0 Å². The first-order valence-corrected chi connectivity index (χ1v) is 6.80. The fourth-order valence-electron chi connectivity index (χ4n) is 1.50. The highest BCUT2D eigenvalue weighted by Crippen LogP contribution is 2.17. The molecule has 0 heterocycles. The van der Waals surface area contributed by atoms with Crippen molar-refractivity contribution in [3.63, 3.8) is 0 Å². The number of carbonyl (C=O) groups excluding carboxylic acids is 1. The summed E-state index contributed by atoms with van der Waals surface area (Å²) in [5, 5.41) is 12.3. The zero-order valence-corrected chi connectivity index (χ0v) is 13.8. The molecule has 1 rings (SSSR count). The third kappa shape index (κ3) is 7.06. The Labute approximate surface area is 136 Å². The van der Waals surface area contributed by atoms with Gasteiger partial charge in [-0.15, -0.1) is 12.4 Å². The smallest absolute Gasteiger partial charge is 0.237 e. The van der Waals surface area contributed by atoms with E-state index in [4.69, 9.17) is 10.5 Å². The normalized spacial score (nSPS) is 13.7. The van der Waals surface area contributed by atoms with Crippen LogP contribution in [0.2, 0.25) is 0 Å². The molecule has 0 saturated heterocycles. The monoisotopic (exact) mass is 334 g/mol. The molecule has 0 aliphatic carbocycles. The van der Waals surface area contributed by atoms with Crippen molar-refractivity contribution in [3.05, 3.63) is 30.1 Å². The number of hydrogen-bond donors (Lipinski definition) is 3. The Hall–Kier alpha value is -1.37. The van der Waals surface area contributed by atoms with Gasteiger partial charge in [0.05, 0.1) is 6.04 Å². The first-order chi connectivity index (χ1) is 9.70. The number of amides is 1. The van der Waals surface area contributed by atoms with Crippen LogP contribution in [0.25, 0.3) is 0 Å². The van der Waals surface area contributed by atoms with E-state index in [0.29, 0.717) is 5.75 Å². The van der Waals surface area contributed by atoms with E-state index in [2.05, 4.69) is 5.32 Å². The number of aliphatic hydroxyl groups excluding tert-OH is 1. The molecule has 1 unspecified atom stereocenters. The molecule has 0 spiro atoms. The van der Waals surface area contributed by atoms with E-state index < -0.39 is 12.1 Å². The molecule has 126 valence electrons. The SMILES string of the molecule is CC(C)(C)[C@H](N)C(=O)NCC(O)COc1ccc(F)cc1.Cl.